The molecular formula is C45H42ClN3O8S. The number of amides is 3. The number of halogens is 1. The second-order valence-corrected chi connectivity index (χ2v) is 16.1. The summed E-state index contributed by atoms with van der Waals surface area (Å²) in [6, 6.07) is 40.2. The maximum atomic E-state index is 14.0. The summed E-state index contributed by atoms with van der Waals surface area (Å²) in [6.07, 6.45) is -1.16. The topological polar surface area (TPSA) is 132 Å². The first kappa shape index (κ1) is 40.2. The molecule has 0 spiro atoms. The van der Waals surface area contributed by atoms with Gasteiger partial charge in [0.2, 0.25) is 5.91 Å². The molecule has 13 heteroatoms. The minimum Gasteiger partial charge on any atom is -0.485 e. The Kier molecular flexibility index (Phi) is 12.8. The molecule has 0 aromatic heterocycles. The van der Waals surface area contributed by atoms with Crippen molar-refractivity contribution in [2.75, 3.05) is 19.7 Å². The van der Waals surface area contributed by atoms with Crippen LogP contribution in [0.25, 0.3) is 0 Å². The Bertz CT molecular complexity index is 2180. The van der Waals surface area contributed by atoms with Gasteiger partial charge in [-0.15, -0.1) is 11.8 Å². The van der Waals surface area contributed by atoms with Crippen LogP contribution in [-0.2, 0) is 32.3 Å². The van der Waals surface area contributed by atoms with E-state index in [-0.39, 0.29) is 66.9 Å². The molecule has 2 aliphatic rings. The summed E-state index contributed by atoms with van der Waals surface area (Å²) in [5, 5.41) is 5.27. The highest BCUT2D eigenvalue weighted by Crippen LogP contribution is 2.52. The maximum absolute atomic E-state index is 14.0. The van der Waals surface area contributed by atoms with E-state index in [1.165, 1.54) is 16.7 Å². The Balaban J connectivity index is 0.944. The quantitative estimate of drug-likeness (QED) is 0.0584. The van der Waals surface area contributed by atoms with Gasteiger partial charge in [0, 0.05) is 13.1 Å². The van der Waals surface area contributed by atoms with Crippen molar-refractivity contribution in [3.63, 3.8) is 0 Å². The van der Waals surface area contributed by atoms with E-state index in [9.17, 15) is 19.2 Å². The Labute approximate surface area is 346 Å². The van der Waals surface area contributed by atoms with E-state index in [1.54, 1.807) is 19.1 Å². The fraction of sp³-hybridized carbons (Fsp3) is 0.244. The second-order valence-electron chi connectivity index (χ2n) is 14.0. The number of nitrogens with one attached hydrogen (secondary N) is 2. The van der Waals surface area contributed by atoms with Gasteiger partial charge < -0.3 is 34.5 Å². The third kappa shape index (κ3) is 9.41. The molecule has 0 bridgehead atoms. The number of esters is 1. The van der Waals surface area contributed by atoms with Crippen molar-refractivity contribution in [1.82, 2.24) is 15.5 Å². The zero-order valence-corrected chi connectivity index (χ0v) is 33.2. The van der Waals surface area contributed by atoms with Crippen molar-refractivity contribution < 1.29 is 38.1 Å². The smallest absolute Gasteiger partial charge is 0.407 e. The SMILES string of the molecule is C[C@@]1(COC(=O)NCCNC(=O)c2ccc(OCc3ccccc3)c(OCc3ccccc3)c2Cl)S[C@@H]2CC(=O)N2[C@H]1C(=O)OC(c1ccccc1)c1ccccc1. The van der Waals surface area contributed by atoms with Crippen LogP contribution in [0.4, 0.5) is 4.79 Å². The van der Waals surface area contributed by atoms with E-state index < -0.39 is 34.9 Å². The monoisotopic (exact) mass is 819 g/mol. The number of hydrogen-bond donors (Lipinski definition) is 2. The number of fused-ring (bicyclic) bond motifs is 1. The second kappa shape index (κ2) is 18.5. The average molecular weight is 820 g/mol. The van der Waals surface area contributed by atoms with Crippen molar-refractivity contribution in [2.45, 2.75) is 48.8 Å². The molecule has 2 saturated heterocycles. The number of rotatable bonds is 16. The lowest BCUT2D eigenvalue weighted by Crippen LogP contribution is -2.58. The molecule has 58 heavy (non-hydrogen) atoms. The van der Waals surface area contributed by atoms with Crippen molar-refractivity contribution in [3.8, 4) is 11.5 Å². The largest absolute Gasteiger partial charge is 0.485 e. The standard InChI is InChI=1S/C45H42ClN3O8S/c1-45(41(49-36(50)26-37(49)58-45)43(52)57-39(32-18-10-4-11-19-32)33-20-12-5-13-21-33)29-56-44(53)48-25-24-47-42(51)34-22-23-35(54-27-30-14-6-2-7-15-30)40(38(34)46)55-28-31-16-8-3-9-17-31/h2-23,37,39,41H,24-29H2,1H3,(H,47,51)(H,48,53)/t37-,41+,45+/m1/s1. The first-order valence-electron chi connectivity index (χ1n) is 18.8. The van der Waals surface area contributed by atoms with Gasteiger partial charge in [0.1, 0.15) is 25.9 Å². The van der Waals surface area contributed by atoms with E-state index in [2.05, 4.69) is 10.6 Å². The number of β-lactam (4-membered cyclic amide) rings is 1. The summed E-state index contributed by atoms with van der Waals surface area (Å²) in [6.45, 7) is 2.20. The first-order valence-corrected chi connectivity index (χ1v) is 20.1. The minimum atomic E-state index is -0.981. The predicted octanol–water partition coefficient (Wildman–Crippen LogP) is 7.72. The molecule has 5 aromatic carbocycles. The van der Waals surface area contributed by atoms with E-state index in [1.807, 2.05) is 121 Å². The lowest BCUT2D eigenvalue weighted by molar-refractivity contribution is -0.164. The third-order valence-corrected chi connectivity index (χ3v) is 11.7. The van der Waals surface area contributed by atoms with Gasteiger partial charge in [-0.3, -0.25) is 9.59 Å². The van der Waals surface area contributed by atoms with E-state index >= 15 is 0 Å². The summed E-state index contributed by atoms with van der Waals surface area (Å²) in [5.74, 6) is -0.606. The number of thioether (sulfide) groups is 1. The molecule has 3 atom stereocenters. The number of hydrogen-bond acceptors (Lipinski definition) is 9. The molecule has 2 N–H and O–H groups in total. The summed E-state index contributed by atoms with van der Waals surface area (Å²) in [7, 11) is 0. The summed E-state index contributed by atoms with van der Waals surface area (Å²) >= 11 is 8.19. The molecule has 3 amide bonds. The average Bonchev–Trinajstić information content (AvgIpc) is 3.50. The van der Waals surface area contributed by atoms with E-state index in [0.29, 0.717) is 5.75 Å². The van der Waals surface area contributed by atoms with Crippen LogP contribution in [-0.4, -0.2) is 64.6 Å². The highest BCUT2D eigenvalue weighted by Gasteiger charge is 2.62. The fourth-order valence-electron chi connectivity index (χ4n) is 6.84. The normalized spacial score (nSPS) is 18.1. The van der Waals surface area contributed by atoms with Crippen LogP contribution < -0.4 is 20.1 Å². The van der Waals surface area contributed by atoms with E-state index in [0.717, 1.165) is 22.3 Å². The Morgan fingerprint density at radius 1 is 0.776 bits per heavy atom. The maximum Gasteiger partial charge on any atom is 0.407 e. The molecule has 0 unspecified atom stereocenters. The van der Waals surface area contributed by atoms with Crippen LogP contribution in [0.3, 0.4) is 0 Å². The Morgan fingerprint density at radius 3 is 1.91 bits per heavy atom. The van der Waals surface area contributed by atoms with Crippen molar-refractivity contribution >= 4 is 47.2 Å². The van der Waals surface area contributed by atoms with Crippen LogP contribution in [0.15, 0.2) is 133 Å². The van der Waals surface area contributed by atoms with Gasteiger partial charge in [-0.1, -0.05) is 133 Å². The molecule has 7 rings (SSSR count). The minimum absolute atomic E-state index is 0.0379. The van der Waals surface area contributed by atoms with Crippen LogP contribution >= 0.6 is 23.4 Å². The highest BCUT2D eigenvalue weighted by atomic mass is 35.5. The lowest BCUT2D eigenvalue weighted by atomic mass is 9.96. The van der Waals surface area contributed by atoms with Gasteiger partial charge in [-0.2, -0.15) is 0 Å². The molecule has 11 nitrogen and oxygen atoms in total. The zero-order valence-electron chi connectivity index (χ0n) is 31.7. The molecule has 0 aliphatic carbocycles. The van der Waals surface area contributed by atoms with Crippen LogP contribution in [0.1, 0.15) is 52.1 Å². The molecule has 0 saturated carbocycles. The molecule has 5 aromatic rings. The van der Waals surface area contributed by atoms with E-state index in [4.69, 9.17) is 30.5 Å². The van der Waals surface area contributed by atoms with Gasteiger partial charge >= 0.3 is 12.1 Å². The molecular weight excluding hydrogens is 778 g/mol. The van der Waals surface area contributed by atoms with Crippen molar-refractivity contribution in [2.24, 2.45) is 0 Å². The Morgan fingerprint density at radius 2 is 1.33 bits per heavy atom. The number of alkyl carbamates (subject to hydrolysis) is 1. The van der Waals surface area contributed by atoms with Gasteiger partial charge in [0.25, 0.3) is 5.91 Å². The number of carbonyl (C=O) groups is 4. The lowest BCUT2D eigenvalue weighted by Gasteiger charge is -2.38. The zero-order chi connectivity index (χ0) is 40.5. The number of nitrogens with zero attached hydrogens (tertiary/aromatic N) is 1. The Hall–Kier alpha value is -5.98. The van der Waals surface area contributed by atoms with Gasteiger partial charge in [0.15, 0.2) is 17.6 Å². The van der Waals surface area contributed by atoms with Gasteiger partial charge in [-0.05, 0) is 41.3 Å². The highest BCUT2D eigenvalue weighted by molar-refractivity contribution is 8.01. The van der Waals surface area contributed by atoms with Crippen molar-refractivity contribution in [1.29, 1.82) is 0 Å². The molecule has 2 fully saturated rings. The number of ether oxygens (including phenoxy) is 4. The molecule has 298 valence electrons. The number of benzene rings is 5. The number of carbonyl (C=O) groups excluding carboxylic acids is 4. The molecule has 2 aliphatic heterocycles. The summed E-state index contributed by atoms with van der Waals surface area (Å²) in [4.78, 5) is 54.5. The fourth-order valence-corrected chi connectivity index (χ4v) is 8.81. The van der Waals surface area contributed by atoms with Crippen LogP contribution in [0.5, 0.6) is 11.5 Å². The molecule has 0 radical (unpaired) electrons. The third-order valence-electron chi connectivity index (χ3n) is 9.81. The van der Waals surface area contributed by atoms with Crippen LogP contribution in [0, 0.1) is 0 Å². The van der Waals surface area contributed by atoms with Gasteiger partial charge in [-0.25, -0.2) is 9.59 Å². The van der Waals surface area contributed by atoms with Gasteiger partial charge in [0.05, 0.1) is 27.1 Å². The summed E-state index contributed by atoms with van der Waals surface area (Å²) < 4.78 is 23.0. The first-order chi connectivity index (χ1) is 28.2. The predicted molar refractivity (Wildman–Crippen MR) is 221 cm³/mol. The van der Waals surface area contributed by atoms with Crippen molar-refractivity contribution in [3.05, 3.63) is 166 Å². The molecule has 2 heterocycles. The van der Waals surface area contributed by atoms with Crippen LogP contribution in [0.2, 0.25) is 5.02 Å². The summed E-state index contributed by atoms with van der Waals surface area (Å²) in [5.41, 5.74) is 3.61.